The van der Waals surface area contributed by atoms with Crippen LogP contribution in [0, 0.1) is 0 Å². The van der Waals surface area contributed by atoms with E-state index in [1.54, 1.807) is 14.2 Å². The molecular weight excluding hydrogens is 338 g/mol. The van der Waals surface area contributed by atoms with Gasteiger partial charge in [0.1, 0.15) is 17.2 Å². The van der Waals surface area contributed by atoms with Gasteiger partial charge in [0, 0.05) is 23.7 Å². The summed E-state index contributed by atoms with van der Waals surface area (Å²) in [4.78, 5) is 4.70. The van der Waals surface area contributed by atoms with Crippen LogP contribution in [0.25, 0.3) is 6.08 Å². The van der Waals surface area contributed by atoms with Crippen molar-refractivity contribution in [3.63, 3.8) is 0 Å². The molecule has 0 N–H and O–H groups in total. The molecule has 0 amide bonds. The highest BCUT2D eigenvalue weighted by Gasteiger charge is 2.13. The van der Waals surface area contributed by atoms with Crippen molar-refractivity contribution in [3.8, 4) is 17.2 Å². The molecule has 0 saturated heterocycles. The molecule has 0 fully saturated rings. The standard InChI is InChI=1S/C23H27NO3/c1-4-5-14-27-20-9-10-21-18(15-20)12-13-24-22(21)11-7-17-6-8-19(25-2)16-23(17)26-3/h6-11,15-16H,4-5,12-14H2,1-3H3/b11-7+. The number of benzene rings is 2. The number of unbranched alkanes of at least 4 members (excludes halogenated alkanes) is 1. The lowest BCUT2D eigenvalue weighted by atomic mass is 9.96. The van der Waals surface area contributed by atoms with Crippen LogP contribution in [0.2, 0.25) is 0 Å². The first-order valence-corrected chi connectivity index (χ1v) is 9.45. The highest BCUT2D eigenvalue weighted by Crippen LogP contribution is 2.27. The molecule has 0 atom stereocenters. The van der Waals surface area contributed by atoms with Gasteiger partial charge in [0.15, 0.2) is 0 Å². The Balaban J connectivity index is 1.79. The Morgan fingerprint density at radius 2 is 1.85 bits per heavy atom. The van der Waals surface area contributed by atoms with Crippen LogP contribution in [0.15, 0.2) is 47.5 Å². The lowest BCUT2D eigenvalue weighted by Crippen LogP contribution is -2.11. The van der Waals surface area contributed by atoms with Gasteiger partial charge >= 0.3 is 0 Å². The Kier molecular flexibility index (Phi) is 6.53. The van der Waals surface area contributed by atoms with Crippen LogP contribution < -0.4 is 14.2 Å². The number of allylic oxidation sites excluding steroid dienone is 1. The Labute approximate surface area is 161 Å². The lowest BCUT2D eigenvalue weighted by Gasteiger charge is -2.16. The summed E-state index contributed by atoms with van der Waals surface area (Å²) < 4.78 is 16.6. The van der Waals surface area contributed by atoms with Gasteiger partial charge in [-0.15, -0.1) is 0 Å². The summed E-state index contributed by atoms with van der Waals surface area (Å²) in [5.41, 5.74) is 4.45. The van der Waals surface area contributed by atoms with Crippen LogP contribution >= 0.6 is 0 Å². The van der Waals surface area contributed by atoms with Crippen molar-refractivity contribution in [1.82, 2.24) is 0 Å². The van der Waals surface area contributed by atoms with Crippen LogP contribution in [0.1, 0.15) is 36.5 Å². The second-order valence-corrected chi connectivity index (χ2v) is 6.48. The van der Waals surface area contributed by atoms with Crippen LogP contribution in [0.5, 0.6) is 17.2 Å². The van der Waals surface area contributed by atoms with Crippen molar-refractivity contribution in [2.45, 2.75) is 26.2 Å². The molecule has 0 spiro atoms. The zero-order valence-corrected chi connectivity index (χ0v) is 16.3. The van der Waals surface area contributed by atoms with Gasteiger partial charge in [0.25, 0.3) is 0 Å². The second-order valence-electron chi connectivity index (χ2n) is 6.48. The summed E-state index contributed by atoms with van der Waals surface area (Å²) in [6, 6.07) is 12.1. The van der Waals surface area contributed by atoms with E-state index in [2.05, 4.69) is 25.1 Å². The third-order valence-corrected chi connectivity index (χ3v) is 4.64. The highest BCUT2D eigenvalue weighted by atomic mass is 16.5. The summed E-state index contributed by atoms with van der Waals surface area (Å²) in [5.74, 6) is 2.51. The fourth-order valence-corrected chi connectivity index (χ4v) is 3.10. The lowest BCUT2D eigenvalue weighted by molar-refractivity contribution is 0.309. The fourth-order valence-electron chi connectivity index (χ4n) is 3.10. The molecule has 3 rings (SSSR count). The van der Waals surface area contributed by atoms with Gasteiger partial charge in [-0.1, -0.05) is 13.3 Å². The van der Waals surface area contributed by atoms with Crippen molar-refractivity contribution in [2.24, 2.45) is 4.99 Å². The van der Waals surface area contributed by atoms with E-state index in [4.69, 9.17) is 19.2 Å². The van der Waals surface area contributed by atoms with Gasteiger partial charge in [-0.05, 0) is 60.9 Å². The third-order valence-electron chi connectivity index (χ3n) is 4.64. The quantitative estimate of drug-likeness (QED) is 0.622. The number of hydrogen-bond donors (Lipinski definition) is 0. The molecule has 1 aliphatic rings. The molecule has 142 valence electrons. The van der Waals surface area contributed by atoms with Crippen molar-refractivity contribution in [3.05, 3.63) is 59.2 Å². The third kappa shape index (κ3) is 4.70. The molecule has 4 nitrogen and oxygen atoms in total. The van der Waals surface area contributed by atoms with E-state index in [0.29, 0.717) is 0 Å². The second kappa shape index (κ2) is 9.26. The van der Waals surface area contributed by atoms with Gasteiger partial charge in [0.2, 0.25) is 0 Å². The predicted octanol–water partition coefficient (Wildman–Crippen LogP) is 4.94. The van der Waals surface area contributed by atoms with E-state index in [1.807, 2.05) is 30.3 Å². The zero-order chi connectivity index (χ0) is 19.1. The van der Waals surface area contributed by atoms with Gasteiger partial charge < -0.3 is 14.2 Å². The summed E-state index contributed by atoms with van der Waals surface area (Å²) >= 11 is 0. The maximum Gasteiger partial charge on any atom is 0.129 e. The predicted molar refractivity (Wildman–Crippen MR) is 111 cm³/mol. The number of fused-ring (bicyclic) bond motifs is 1. The fraction of sp³-hybridized carbons (Fsp3) is 0.348. The van der Waals surface area contributed by atoms with E-state index in [9.17, 15) is 0 Å². The molecule has 1 heterocycles. The minimum atomic E-state index is 0.771. The molecule has 0 bridgehead atoms. The normalized spacial score (nSPS) is 13.2. The number of ether oxygens (including phenoxy) is 3. The summed E-state index contributed by atoms with van der Waals surface area (Å²) in [7, 11) is 3.32. The van der Waals surface area contributed by atoms with Gasteiger partial charge in [-0.3, -0.25) is 4.99 Å². The molecule has 0 saturated carbocycles. The van der Waals surface area contributed by atoms with E-state index in [1.165, 1.54) is 11.1 Å². The first-order valence-electron chi connectivity index (χ1n) is 9.45. The van der Waals surface area contributed by atoms with Crippen molar-refractivity contribution in [1.29, 1.82) is 0 Å². The van der Waals surface area contributed by atoms with Gasteiger partial charge in [-0.25, -0.2) is 0 Å². The minimum absolute atomic E-state index is 0.771. The molecular formula is C23H27NO3. The molecule has 4 heteroatoms. The van der Waals surface area contributed by atoms with Crippen LogP contribution in [-0.4, -0.2) is 33.1 Å². The average Bonchev–Trinajstić information content (AvgIpc) is 2.72. The van der Waals surface area contributed by atoms with Crippen LogP contribution in [0.4, 0.5) is 0 Å². The Hall–Kier alpha value is -2.75. The average molecular weight is 365 g/mol. The Bertz CT molecular complexity index is 840. The van der Waals surface area contributed by atoms with E-state index in [-0.39, 0.29) is 0 Å². The largest absolute Gasteiger partial charge is 0.497 e. The minimum Gasteiger partial charge on any atom is -0.497 e. The molecule has 0 aliphatic carbocycles. The van der Waals surface area contributed by atoms with Crippen molar-refractivity contribution < 1.29 is 14.2 Å². The Morgan fingerprint density at radius 3 is 2.63 bits per heavy atom. The maximum atomic E-state index is 5.84. The number of rotatable bonds is 8. The SMILES string of the molecule is CCCCOc1ccc2c(c1)CCN=C2/C=C/c1ccc(OC)cc1OC. The number of aliphatic imine (C=N–C) groups is 1. The topological polar surface area (TPSA) is 40.0 Å². The first kappa shape index (κ1) is 19.0. The summed E-state index contributed by atoms with van der Waals surface area (Å²) in [6.45, 7) is 3.74. The monoisotopic (exact) mass is 365 g/mol. The Morgan fingerprint density at radius 1 is 1.00 bits per heavy atom. The van der Waals surface area contributed by atoms with Crippen molar-refractivity contribution in [2.75, 3.05) is 27.4 Å². The van der Waals surface area contributed by atoms with Crippen LogP contribution in [-0.2, 0) is 6.42 Å². The molecule has 0 unspecified atom stereocenters. The van der Waals surface area contributed by atoms with E-state index < -0.39 is 0 Å². The van der Waals surface area contributed by atoms with E-state index >= 15 is 0 Å². The smallest absolute Gasteiger partial charge is 0.129 e. The molecule has 2 aromatic rings. The number of nitrogens with zero attached hydrogens (tertiary/aromatic N) is 1. The maximum absolute atomic E-state index is 5.84. The molecule has 0 radical (unpaired) electrons. The molecule has 2 aromatic carbocycles. The number of hydrogen-bond acceptors (Lipinski definition) is 4. The van der Waals surface area contributed by atoms with Gasteiger partial charge in [0.05, 0.1) is 26.5 Å². The van der Waals surface area contributed by atoms with E-state index in [0.717, 1.165) is 60.9 Å². The molecule has 1 aliphatic heterocycles. The van der Waals surface area contributed by atoms with Crippen molar-refractivity contribution >= 4 is 11.8 Å². The first-order chi connectivity index (χ1) is 13.2. The van der Waals surface area contributed by atoms with Gasteiger partial charge in [-0.2, -0.15) is 0 Å². The summed E-state index contributed by atoms with van der Waals surface area (Å²) in [6.07, 6.45) is 7.26. The summed E-state index contributed by atoms with van der Waals surface area (Å²) in [5, 5.41) is 0. The molecule has 0 aromatic heterocycles. The zero-order valence-electron chi connectivity index (χ0n) is 16.3. The van der Waals surface area contributed by atoms with Crippen LogP contribution in [0.3, 0.4) is 0 Å². The highest BCUT2D eigenvalue weighted by molar-refractivity contribution is 6.12. The molecule has 27 heavy (non-hydrogen) atoms. The number of methoxy groups -OCH3 is 2.